The number of rotatable bonds is 5. The lowest BCUT2D eigenvalue weighted by Crippen LogP contribution is -2.25. The van der Waals surface area contributed by atoms with Crippen LogP contribution < -0.4 is 5.73 Å². The van der Waals surface area contributed by atoms with Crippen LogP contribution in [-0.4, -0.2) is 11.8 Å². The van der Waals surface area contributed by atoms with E-state index >= 15 is 0 Å². The highest BCUT2D eigenvalue weighted by Crippen LogP contribution is 2.25. The van der Waals surface area contributed by atoms with E-state index in [9.17, 15) is 0 Å². The Bertz CT molecular complexity index is 498. The number of thioether (sulfide) groups is 1. The summed E-state index contributed by atoms with van der Waals surface area (Å²) in [7, 11) is 0. The molecule has 0 bridgehead atoms. The Kier molecular flexibility index (Phi) is 5.57. The number of hydrogen-bond donors (Lipinski definition) is 1. The fourth-order valence-electron chi connectivity index (χ4n) is 1.51. The SMILES string of the molecule is NC(CSc1ccc(Cl)cc1)Cc1ccc(Br)s1. The lowest BCUT2D eigenvalue weighted by Gasteiger charge is -2.09. The largest absolute Gasteiger partial charge is 0.327 e. The van der Waals surface area contributed by atoms with Gasteiger partial charge in [0.05, 0.1) is 3.79 Å². The van der Waals surface area contributed by atoms with Gasteiger partial charge in [-0.05, 0) is 58.7 Å². The van der Waals surface area contributed by atoms with E-state index < -0.39 is 0 Å². The molecule has 0 saturated carbocycles. The fourth-order valence-corrected chi connectivity index (χ4v) is 4.07. The zero-order valence-electron chi connectivity index (χ0n) is 9.61. The predicted molar refractivity (Wildman–Crippen MR) is 85.9 cm³/mol. The summed E-state index contributed by atoms with van der Waals surface area (Å²) in [6.07, 6.45) is 0.927. The molecular formula is C13H13BrClNS2. The van der Waals surface area contributed by atoms with Crippen LogP contribution in [0.25, 0.3) is 0 Å². The summed E-state index contributed by atoms with van der Waals surface area (Å²) in [5.41, 5.74) is 6.14. The van der Waals surface area contributed by atoms with Crippen LogP contribution in [0.15, 0.2) is 45.1 Å². The molecule has 1 nitrogen and oxygen atoms in total. The van der Waals surface area contributed by atoms with Crippen LogP contribution in [0.5, 0.6) is 0 Å². The summed E-state index contributed by atoms with van der Waals surface area (Å²) in [4.78, 5) is 2.54. The third-order valence-electron chi connectivity index (χ3n) is 2.37. The van der Waals surface area contributed by atoms with Gasteiger partial charge >= 0.3 is 0 Å². The maximum Gasteiger partial charge on any atom is 0.0701 e. The first-order chi connectivity index (χ1) is 8.63. The van der Waals surface area contributed by atoms with E-state index in [1.807, 2.05) is 24.3 Å². The Morgan fingerprint density at radius 1 is 1.22 bits per heavy atom. The number of halogens is 2. The van der Waals surface area contributed by atoms with E-state index in [4.69, 9.17) is 17.3 Å². The van der Waals surface area contributed by atoms with Crippen molar-refractivity contribution in [3.05, 3.63) is 50.1 Å². The third-order valence-corrected chi connectivity index (χ3v) is 5.47. The van der Waals surface area contributed by atoms with Crippen molar-refractivity contribution < 1.29 is 0 Å². The first-order valence-corrected chi connectivity index (χ1v) is 8.49. The van der Waals surface area contributed by atoms with Gasteiger partial charge in [0, 0.05) is 26.6 Å². The monoisotopic (exact) mass is 361 g/mol. The second-order valence-electron chi connectivity index (χ2n) is 3.93. The number of hydrogen-bond acceptors (Lipinski definition) is 3. The summed E-state index contributed by atoms with van der Waals surface area (Å²) >= 11 is 12.8. The second-order valence-corrected chi connectivity index (χ2v) is 8.01. The molecule has 18 heavy (non-hydrogen) atoms. The van der Waals surface area contributed by atoms with Crippen molar-refractivity contribution in [2.24, 2.45) is 5.73 Å². The summed E-state index contributed by atoms with van der Waals surface area (Å²) < 4.78 is 1.16. The number of thiophene rings is 1. The van der Waals surface area contributed by atoms with Gasteiger partial charge in [-0.3, -0.25) is 0 Å². The van der Waals surface area contributed by atoms with Crippen molar-refractivity contribution in [3.63, 3.8) is 0 Å². The van der Waals surface area contributed by atoms with Crippen molar-refractivity contribution in [2.45, 2.75) is 17.4 Å². The maximum absolute atomic E-state index is 6.14. The van der Waals surface area contributed by atoms with Crippen LogP contribution in [0.4, 0.5) is 0 Å². The first-order valence-electron chi connectivity index (χ1n) is 5.51. The van der Waals surface area contributed by atoms with E-state index in [-0.39, 0.29) is 6.04 Å². The van der Waals surface area contributed by atoms with Crippen LogP contribution in [0.2, 0.25) is 5.02 Å². The maximum atomic E-state index is 6.14. The van der Waals surface area contributed by atoms with Crippen LogP contribution >= 0.6 is 50.6 Å². The quantitative estimate of drug-likeness (QED) is 0.771. The fraction of sp³-hybridized carbons (Fsp3) is 0.231. The minimum absolute atomic E-state index is 0.177. The number of nitrogens with two attached hydrogens (primary N) is 1. The average Bonchev–Trinajstić information content (AvgIpc) is 2.74. The Labute approximate surface area is 129 Å². The molecule has 1 heterocycles. The zero-order valence-corrected chi connectivity index (χ0v) is 13.6. The zero-order chi connectivity index (χ0) is 13.0. The summed E-state index contributed by atoms with van der Waals surface area (Å²) in [5, 5.41) is 0.770. The lowest BCUT2D eigenvalue weighted by atomic mass is 10.2. The highest BCUT2D eigenvalue weighted by atomic mass is 79.9. The topological polar surface area (TPSA) is 26.0 Å². The van der Waals surface area contributed by atoms with Crippen LogP contribution in [0, 0.1) is 0 Å². The molecule has 96 valence electrons. The highest BCUT2D eigenvalue weighted by Gasteiger charge is 2.07. The second kappa shape index (κ2) is 6.96. The van der Waals surface area contributed by atoms with Gasteiger partial charge in [0.15, 0.2) is 0 Å². The highest BCUT2D eigenvalue weighted by molar-refractivity contribution is 9.11. The molecule has 1 aromatic carbocycles. The Hall–Kier alpha value is -0.0000000000000000833. The molecular weight excluding hydrogens is 350 g/mol. The smallest absolute Gasteiger partial charge is 0.0701 e. The molecule has 0 spiro atoms. The van der Waals surface area contributed by atoms with E-state index in [1.54, 1.807) is 23.1 Å². The Morgan fingerprint density at radius 2 is 1.94 bits per heavy atom. The van der Waals surface area contributed by atoms with Gasteiger partial charge in [0.1, 0.15) is 0 Å². The minimum atomic E-state index is 0.177. The molecule has 1 atom stereocenters. The van der Waals surface area contributed by atoms with Crippen molar-refractivity contribution in [3.8, 4) is 0 Å². The van der Waals surface area contributed by atoms with Gasteiger partial charge in [-0.1, -0.05) is 11.6 Å². The van der Waals surface area contributed by atoms with E-state index in [0.717, 1.165) is 21.0 Å². The van der Waals surface area contributed by atoms with Crippen molar-refractivity contribution in [1.29, 1.82) is 0 Å². The van der Waals surface area contributed by atoms with Gasteiger partial charge in [-0.15, -0.1) is 23.1 Å². The standard InChI is InChI=1S/C13H13BrClNS2/c14-13-6-5-12(18-13)7-10(16)8-17-11-3-1-9(15)2-4-11/h1-6,10H,7-8,16H2. The van der Waals surface area contributed by atoms with Gasteiger partial charge in [-0.2, -0.15) is 0 Å². The summed E-state index contributed by atoms with van der Waals surface area (Å²) in [5.74, 6) is 0.914. The molecule has 0 saturated heterocycles. The van der Waals surface area contributed by atoms with Crippen molar-refractivity contribution in [1.82, 2.24) is 0 Å². The molecule has 2 rings (SSSR count). The minimum Gasteiger partial charge on any atom is -0.327 e. The molecule has 1 unspecified atom stereocenters. The molecule has 2 N–H and O–H groups in total. The molecule has 1 aromatic heterocycles. The number of benzene rings is 1. The van der Waals surface area contributed by atoms with E-state index in [1.165, 1.54) is 9.77 Å². The molecule has 0 fully saturated rings. The molecule has 0 aliphatic carbocycles. The summed E-state index contributed by atoms with van der Waals surface area (Å²) in [6, 6.07) is 12.2. The van der Waals surface area contributed by atoms with Crippen molar-refractivity contribution >= 4 is 50.6 Å². The third kappa shape index (κ3) is 4.59. The molecule has 0 amide bonds. The molecule has 5 heteroatoms. The Balaban J connectivity index is 1.81. The molecule has 0 radical (unpaired) electrons. The van der Waals surface area contributed by atoms with Crippen LogP contribution in [-0.2, 0) is 6.42 Å². The molecule has 0 aliphatic heterocycles. The lowest BCUT2D eigenvalue weighted by molar-refractivity contribution is 0.757. The Morgan fingerprint density at radius 3 is 2.56 bits per heavy atom. The average molecular weight is 363 g/mol. The van der Waals surface area contributed by atoms with Gasteiger partial charge in [0.2, 0.25) is 0 Å². The van der Waals surface area contributed by atoms with Gasteiger partial charge in [-0.25, -0.2) is 0 Å². The van der Waals surface area contributed by atoms with E-state index in [0.29, 0.717) is 0 Å². The van der Waals surface area contributed by atoms with Crippen LogP contribution in [0.1, 0.15) is 4.88 Å². The predicted octanol–water partition coefficient (Wildman–Crippen LogP) is 4.83. The van der Waals surface area contributed by atoms with Gasteiger partial charge < -0.3 is 5.73 Å². The van der Waals surface area contributed by atoms with Gasteiger partial charge in [0.25, 0.3) is 0 Å². The summed E-state index contributed by atoms with van der Waals surface area (Å²) in [6.45, 7) is 0. The normalized spacial score (nSPS) is 12.6. The van der Waals surface area contributed by atoms with Crippen LogP contribution in [0.3, 0.4) is 0 Å². The van der Waals surface area contributed by atoms with E-state index in [2.05, 4.69) is 28.1 Å². The molecule has 2 aromatic rings. The van der Waals surface area contributed by atoms with Crippen molar-refractivity contribution in [2.75, 3.05) is 5.75 Å². The first kappa shape index (κ1) is 14.4. The molecule has 0 aliphatic rings.